The van der Waals surface area contributed by atoms with E-state index < -0.39 is 28.5 Å². The van der Waals surface area contributed by atoms with Gasteiger partial charge in [0.2, 0.25) is 15.9 Å². The van der Waals surface area contributed by atoms with Crippen LogP contribution in [0.3, 0.4) is 0 Å². The van der Waals surface area contributed by atoms with E-state index in [0.29, 0.717) is 15.6 Å². The van der Waals surface area contributed by atoms with Crippen molar-refractivity contribution in [3.63, 3.8) is 0 Å². The smallest absolute Gasteiger partial charge is 0.242 e. The normalized spacial score (nSPS) is 12.2. The van der Waals surface area contributed by atoms with Gasteiger partial charge >= 0.3 is 0 Å². The van der Waals surface area contributed by atoms with Gasteiger partial charge in [-0.25, -0.2) is 13.1 Å². The lowest BCUT2D eigenvalue weighted by Crippen LogP contribution is -2.38. The fraction of sp³-hybridized carbons (Fsp3) is 0.176. The summed E-state index contributed by atoms with van der Waals surface area (Å²) in [5.74, 6) is -0.540. The molecule has 0 heterocycles. The van der Waals surface area contributed by atoms with Gasteiger partial charge in [-0.05, 0) is 36.8 Å². The minimum absolute atomic E-state index is 0.00159. The van der Waals surface area contributed by atoms with Gasteiger partial charge in [0.1, 0.15) is 6.07 Å². The molecule has 9 heteroatoms. The van der Waals surface area contributed by atoms with Crippen LogP contribution in [0.2, 0.25) is 10.0 Å². The topological polar surface area (TPSA) is 99.1 Å². The van der Waals surface area contributed by atoms with Gasteiger partial charge in [-0.2, -0.15) is 5.26 Å². The Balaban J connectivity index is 2.03. The first-order chi connectivity index (χ1) is 12.2. The number of rotatable bonds is 6. The highest BCUT2D eigenvalue weighted by Gasteiger charge is 2.20. The Kier molecular flexibility index (Phi) is 6.62. The molecule has 0 fully saturated rings. The van der Waals surface area contributed by atoms with Crippen LogP contribution in [-0.2, 0) is 14.8 Å². The van der Waals surface area contributed by atoms with Crippen molar-refractivity contribution in [2.24, 2.45) is 0 Å². The molecule has 2 N–H and O–H groups in total. The third-order valence-electron chi connectivity index (χ3n) is 3.53. The fourth-order valence-electron chi connectivity index (χ4n) is 2.25. The van der Waals surface area contributed by atoms with Gasteiger partial charge in [-0.3, -0.25) is 4.79 Å². The maximum atomic E-state index is 12.3. The van der Waals surface area contributed by atoms with Crippen LogP contribution in [0, 0.1) is 11.3 Å². The molecule has 0 saturated heterocycles. The van der Waals surface area contributed by atoms with E-state index in [9.17, 15) is 13.2 Å². The number of hydrogen-bond acceptors (Lipinski definition) is 4. The highest BCUT2D eigenvalue weighted by Crippen LogP contribution is 2.26. The van der Waals surface area contributed by atoms with Crippen molar-refractivity contribution < 1.29 is 13.2 Å². The Morgan fingerprint density at radius 1 is 1.23 bits per heavy atom. The van der Waals surface area contributed by atoms with Crippen LogP contribution in [0.1, 0.15) is 24.1 Å². The van der Waals surface area contributed by atoms with E-state index in [0.717, 1.165) is 0 Å². The number of nitriles is 1. The molecule has 0 aliphatic rings. The lowest BCUT2D eigenvalue weighted by molar-refractivity contribution is -0.120. The minimum atomic E-state index is -3.99. The van der Waals surface area contributed by atoms with Crippen LogP contribution in [-0.4, -0.2) is 20.9 Å². The predicted molar refractivity (Wildman–Crippen MR) is 99.4 cm³/mol. The zero-order valence-corrected chi connectivity index (χ0v) is 16.0. The molecule has 1 amide bonds. The number of carbonyl (C=O) groups excluding carboxylic acids is 1. The molecule has 6 nitrogen and oxygen atoms in total. The molecule has 0 aliphatic heterocycles. The van der Waals surface area contributed by atoms with Crippen LogP contribution in [0.25, 0.3) is 0 Å². The summed E-state index contributed by atoms with van der Waals surface area (Å²) in [6.07, 6.45) is 0. The lowest BCUT2D eigenvalue weighted by atomic mass is 10.1. The third-order valence-corrected chi connectivity index (χ3v) is 5.55. The number of halogens is 2. The van der Waals surface area contributed by atoms with Gasteiger partial charge in [0.15, 0.2) is 0 Å². The van der Waals surface area contributed by atoms with Crippen molar-refractivity contribution in [1.29, 1.82) is 5.26 Å². The minimum Gasteiger partial charge on any atom is -0.348 e. The molecule has 2 aromatic carbocycles. The zero-order valence-electron chi connectivity index (χ0n) is 13.7. The summed E-state index contributed by atoms with van der Waals surface area (Å²) in [5.41, 5.74) is 0.656. The summed E-state index contributed by atoms with van der Waals surface area (Å²) >= 11 is 11.9. The number of amides is 1. The lowest BCUT2D eigenvalue weighted by Gasteiger charge is -2.16. The van der Waals surface area contributed by atoms with Crippen LogP contribution < -0.4 is 10.0 Å². The van der Waals surface area contributed by atoms with Crippen LogP contribution in [0.5, 0.6) is 0 Å². The van der Waals surface area contributed by atoms with Gasteiger partial charge in [-0.15, -0.1) is 0 Å². The van der Waals surface area contributed by atoms with E-state index in [-0.39, 0.29) is 10.5 Å². The number of nitrogens with one attached hydrogen (secondary N) is 2. The van der Waals surface area contributed by atoms with Gasteiger partial charge in [0, 0.05) is 10.0 Å². The number of nitrogens with zero attached hydrogens (tertiary/aromatic N) is 1. The van der Waals surface area contributed by atoms with E-state index in [1.165, 1.54) is 18.2 Å². The molecule has 2 rings (SSSR count). The second-order valence-corrected chi connectivity index (χ2v) is 7.97. The summed E-state index contributed by atoms with van der Waals surface area (Å²) in [4.78, 5) is 11.9. The first-order valence-corrected chi connectivity index (χ1v) is 9.71. The van der Waals surface area contributed by atoms with E-state index >= 15 is 0 Å². The second kappa shape index (κ2) is 8.52. The van der Waals surface area contributed by atoms with Gasteiger partial charge in [0.05, 0.1) is 23.0 Å². The Morgan fingerprint density at radius 3 is 2.58 bits per heavy atom. The third kappa shape index (κ3) is 4.96. The highest BCUT2D eigenvalue weighted by atomic mass is 35.5. The second-order valence-electron chi connectivity index (χ2n) is 5.39. The summed E-state index contributed by atoms with van der Waals surface area (Å²) in [6.45, 7) is 1.24. The number of benzene rings is 2. The Labute approximate surface area is 161 Å². The quantitative estimate of drug-likeness (QED) is 0.762. The first kappa shape index (κ1) is 20.2. The standard InChI is InChI=1S/C17H15Cl2N3O3S/c1-11(14-7-6-13(18)8-15(14)19)22-17(23)10-21-26(24,25)16-5-3-2-4-12(16)9-20/h2-8,11,21H,10H2,1H3,(H,22,23)/t11-/m0/s1. The summed E-state index contributed by atoms with van der Waals surface area (Å²) in [5, 5.41) is 12.5. The van der Waals surface area contributed by atoms with Crippen LogP contribution in [0.15, 0.2) is 47.4 Å². The molecule has 1 atom stereocenters. The average Bonchev–Trinajstić information content (AvgIpc) is 2.60. The Bertz CT molecular complexity index is 971. The first-order valence-electron chi connectivity index (χ1n) is 7.47. The summed E-state index contributed by atoms with van der Waals surface area (Å²) < 4.78 is 26.8. The maximum absolute atomic E-state index is 12.3. The van der Waals surface area contributed by atoms with E-state index in [4.69, 9.17) is 28.5 Å². The SMILES string of the molecule is C[C@H](NC(=O)CNS(=O)(=O)c1ccccc1C#N)c1ccc(Cl)cc1Cl. The zero-order chi connectivity index (χ0) is 19.3. The molecule has 0 radical (unpaired) electrons. The van der Waals surface area contributed by atoms with Crippen molar-refractivity contribution in [3.8, 4) is 6.07 Å². The fourth-order valence-corrected chi connectivity index (χ4v) is 3.96. The summed E-state index contributed by atoms with van der Waals surface area (Å²) in [7, 11) is -3.99. The molecule has 0 aliphatic carbocycles. The van der Waals surface area contributed by atoms with E-state index in [1.807, 2.05) is 6.07 Å². The molecule has 0 aromatic heterocycles. The monoisotopic (exact) mass is 411 g/mol. The molecule has 0 bridgehead atoms. The molecular formula is C17H15Cl2N3O3S. The van der Waals surface area contributed by atoms with Crippen molar-refractivity contribution >= 4 is 39.1 Å². The molecule has 26 heavy (non-hydrogen) atoms. The summed E-state index contributed by atoms with van der Waals surface area (Å²) in [6, 6.07) is 12.0. The molecule has 0 spiro atoms. The molecular weight excluding hydrogens is 397 g/mol. The van der Waals surface area contributed by atoms with Gasteiger partial charge in [0.25, 0.3) is 0 Å². The Hall–Kier alpha value is -2.11. The largest absolute Gasteiger partial charge is 0.348 e. The van der Waals surface area contributed by atoms with Gasteiger partial charge in [-0.1, -0.05) is 41.4 Å². The van der Waals surface area contributed by atoms with Crippen molar-refractivity contribution in [2.75, 3.05) is 6.54 Å². The Morgan fingerprint density at radius 2 is 1.92 bits per heavy atom. The number of carbonyl (C=O) groups is 1. The van der Waals surface area contributed by atoms with Crippen molar-refractivity contribution in [2.45, 2.75) is 17.9 Å². The van der Waals surface area contributed by atoms with Crippen LogP contribution in [0.4, 0.5) is 0 Å². The highest BCUT2D eigenvalue weighted by molar-refractivity contribution is 7.89. The number of sulfonamides is 1. The van der Waals surface area contributed by atoms with Crippen LogP contribution >= 0.6 is 23.2 Å². The average molecular weight is 412 g/mol. The van der Waals surface area contributed by atoms with Crippen molar-refractivity contribution in [3.05, 3.63) is 63.6 Å². The molecule has 0 saturated carbocycles. The molecule has 2 aromatic rings. The predicted octanol–water partition coefficient (Wildman–Crippen LogP) is 3.02. The molecule has 0 unspecified atom stereocenters. The van der Waals surface area contributed by atoms with Gasteiger partial charge < -0.3 is 5.32 Å². The van der Waals surface area contributed by atoms with Crippen molar-refractivity contribution in [1.82, 2.24) is 10.0 Å². The maximum Gasteiger partial charge on any atom is 0.242 e. The van der Waals surface area contributed by atoms with E-state index in [1.54, 1.807) is 31.2 Å². The molecule has 136 valence electrons. The number of hydrogen-bond donors (Lipinski definition) is 2. The van der Waals surface area contributed by atoms with E-state index in [2.05, 4.69) is 10.0 Å².